The van der Waals surface area contributed by atoms with Crippen molar-refractivity contribution in [3.05, 3.63) is 125 Å². The van der Waals surface area contributed by atoms with Crippen molar-refractivity contribution in [1.82, 2.24) is 9.80 Å². The van der Waals surface area contributed by atoms with Gasteiger partial charge in [-0.25, -0.2) is 0 Å². The summed E-state index contributed by atoms with van der Waals surface area (Å²) in [6.45, 7) is 2.60. The lowest BCUT2D eigenvalue weighted by atomic mass is 10.1. The smallest absolute Gasteiger partial charge is 0.135 e. The molecule has 4 aromatic rings. The number of alkyl halides is 1. The van der Waals surface area contributed by atoms with E-state index in [9.17, 15) is 0 Å². The Labute approximate surface area is 238 Å². The second-order valence-corrected chi connectivity index (χ2v) is 10.6. The number of ether oxygens (including phenoxy) is 2. The van der Waals surface area contributed by atoms with Gasteiger partial charge in [0.05, 0.1) is 19.9 Å². The van der Waals surface area contributed by atoms with Crippen molar-refractivity contribution in [3.63, 3.8) is 0 Å². The number of hydrogen-bond donors (Lipinski definition) is 0. The molecule has 0 N–H and O–H groups in total. The largest absolute Gasteiger partial charge is 0.494 e. The lowest BCUT2D eigenvalue weighted by molar-refractivity contribution is 0.00669. The third-order valence-electron chi connectivity index (χ3n) is 6.50. The molecule has 0 aromatic heterocycles. The number of benzene rings is 4. The highest BCUT2D eigenvalue weighted by Crippen LogP contribution is 2.32. The molecule has 0 amide bonds. The minimum absolute atomic E-state index is 0.356. The monoisotopic (exact) mass is 566 g/mol. The number of halogens is 3. The Morgan fingerprint density at radius 1 is 0.789 bits per heavy atom. The van der Waals surface area contributed by atoms with E-state index in [1.54, 1.807) is 0 Å². The minimum atomic E-state index is -0.404. The summed E-state index contributed by atoms with van der Waals surface area (Å²) in [7, 11) is 0. The molecule has 2 unspecified atom stereocenters. The molecule has 0 fully saturated rings. The van der Waals surface area contributed by atoms with Gasteiger partial charge in [0.15, 0.2) is 0 Å². The van der Waals surface area contributed by atoms with Gasteiger partial charge in [0.1, 0.15) is 17.4 Å². The Hall–Kier alpha value is -2.89. The van der Waals surface area contributed by atoms with E-state index in [0.717, 1.165) is 29.8 Å². The van der Waals surface area contributed by atoms with E-state index in [-0.39, 0.29) is 6.10 Å². The summed E-state index contributed by atoms with van der Waals surface area (Å²) in [6.07, 6.45) is 4.64. The van der Waals surface area contributed by atoms with Gasteiger partial charge < -0.3 is 19.3 Å². The van der Waals surface area contributed by atoms with E-state index in [1.807, 2.05) is 72.9 Å². The summed E-state index contributed by atoms with van der Waals surface area (Å²) in [4.78, 5) is 4.32. The van der Waals surface area contributed by atoms with E-state index in [4.69, 9.17) is 44.3 Å². The molecule has 196 valence electrons. The third-order valence-corrected chi connectivity index (χ3v) is 7.48. The van der Waals surface area contributed by atoms with E-state index < -0.39 is 5.50 Å². The first-order valence-corrected chi connectivity index (χ1v) is 13.8. The Kier molecular flexibility index (Phi) is 8.98. The molecular weight excluding hydrogens is 539 g/mol. The Morgan fingerprint density at radius 2 is 1.50 bits per heavy atom. The van der Waals surface area contributed by atoms with E-state index >= 15 is 0 Å². The summed E-state index contributed by atoms with van der Waals surface area (Å²) in [6, 6.07) is 29.8. The summed E-state index contributed by atoms with van der Waals surface area (Å²) in [5.41, 5.74) is 1.60. The zero-order valence-electron chi connectivity index (χ0n) is 20.9. The van der Waals surface area contributed by atoms with Gasteiger partial charge in [0.2, 0.25) is 0 Å². The number of rotatable bonds is 11. The molecule has 38 heavy (non-hydrogen) atoms. The molecule has 1 aliphatic rings. The van der Waals surface area contributed by atoms with Gasteiger partial charge >= 0.3 is 0 Å². The van der Waals surface area contributed by atoms with Crippen LogP contribution in [-0.4, -0.2) is 35.1 Å². The van der Waals surface area contributed by atoms with Crippen LogP contribution in [-0.2, 0) is 11.3 Å². The van der Waals surface area contributed by atoms with Crippen molar-refractivity contribution in [2.75, 3.05) is 19.8 Å². The maximum absolute atomic E-state index is 7.02. The molecule has 5 rings (SSSR count). The zero-order chi connectivity index (χ0) is 26.3. The molecular formula is C31H29Cl3N2O2. The van der Waals surface area contributed by atoms with Crippen LogP contribution in [0.1, 0.15) is 23.7 Å². The first kappa shape index (κ1) is 26.7. The molecule has 0 bridgehead atoms. The van der Waals surface area contributed by atoms with Gasteiger partial charge in [0.25, 0.3) is 0 Å². The summed E-state index contributed by atoms with van der Waals surface area (Å²) < 4.78 is 12.4. The van der Waals surface area contributed by atoms with Gasteiger partial charge in [-0.3, -0.25) is 0 Å². The van der Waals surface area contributed by atoms with Crippen molar-refractivity contribution >= 4 is 45.6 Å². The molecule has 2 atom stereocenters. The van der Waals surface area contributed by atoms with Crippen molar-refractivity contribution < 1.29 is 9.47 Å². The fourth-order valence-corrected chi connectivity index (χ4v) is 5.03. The second-order valence-electron chi connectivity index (χ2n) is 9.26. The van der Waals surface area contributed by atoms with Crippen LogP contribution in [0.5, 0.6) is 5.75 Å². The first-order valence-electron chi connectivity index (χ1n) is 12.6. The molecule has 0 saturated heterocycles. The standard InChI is InChI=1S/C31H29Cl3N2O2/c32-27-11-6-23(7-12-27)21-38-30(25-8-13-28(33)14-9-25)31(34)36-18-17-35(22-36)16-3-19-37-29-15-10-24-4-1-2-5-26(24)20-29/h1-2,4-15,17-18,20,30-31H,3,16,19,21-22H2. The van der Waals surface area contributed by atoms with E-state index in [2.05, 4.69) is 40.3 Å². The van der Waals surface area contributed by atoms with Crippen LogP contribution in [0.2, 0.25) is 10.0 Å². The van der Waals surface area contributed by atoms with Gasteiger partial charge in [-0.15, -0.1) is 0 Å². The Bertz CT molecular complexity index is 1360. The van der Waals surface area contributed by atoms with Crippen LogP contribution in [0.4, 0.5) is 0 Å². The van der Waals surface area contributed by atoms with E-state index in [1.165, 1.54) is 10.8 Å². The zero-order valence-corrected chi connectivity index (χ0v) is 23.1. The van der Waals surface area contributed by atoms with Crippen LogP contribution in [0.15, 0.2) is 103 Å². The predicted molar refractivity (Wildman–Crippen MR) is 157 cm³/mol. The topological polar surface area (TPSA) is 24.9 Å². The van der Waals surface area contributed by atoms with Crippen molar-refractivity contribution in [2.45, 2.75) is 24.6 Å². The highest BCUT2D eigenvalue weighted by Gasteiger charge is 2.29. The summed E-state index contributed by atoms with van der Waals surface area (Å²) in [5, 5.41) is 3.77. The van der Waals surface area contributed by atoms with E-state index in [0.29, 0.717) is 29.9 Å². The van der Waals surface area contributed by atoms with Crippen molar-refractivity contribution in [1.29, 1.82) is 0 Å². The molecule has 4 nitrogen and oxygen atoms in total. The number of nitrogens with zero attached hydrogens (tertiary/aromatic N) is 2. The lowest BCUT2D eigenvalue weighted by Gasteiger charge is -2.31. The van der Waals surface area contributed by atoms with Crippen LogP contribution in [0, 0.1) is 0 Å². The highest BCUT2D eigenvalue weighted by molar-refractivity contribution is 6.30. The molecule has 4 aromatic carbocycles. The maximum Gasteiger partial charge on any atom is 0.135 e. The predicted octanol–water partition coefficient (Wildman–Crippen LogP) is 8.48. The van der Waals surface area contributed by atoms with Crippen molar-refractivity contribution in [2.24, 2.45) is 0 Å². The Balaban J connectivity index is 1.14. The third kappa shape index (κ3) is 6.95. The summed E-state index contributed by atoms with van der Waals surface area (Å²) >= 11 is 19.2. The highest BCUT2D eigenvalue weighted by atomic mass is 35.5. The molecule has 1 aliphatic heterocycles. The van der Waals surface area contributed by atoms with Crippen LogP contribution < -0.4 is 4.74 Å². The molecule has 0 radical (unpaired) electrons. The van der Waals surface area contributed by atoms with Gasteiger partial charge in [-0.2, -0.15) is 0 Å². The quantitative estimate of drug-likeness (QED) is 0.103. The van der Waals surface area contributed by atoms with Gasteiger partial charge in [-0.05, 0) is 64.7 Å². The fraction of sp³-hybridized carbons (Fsp3) is 0.226. The first-order chi connectivity index (χ1) is 18.5. The number of fused-ring (bicyclic) bond motifs is 1. The van der Waals surface area contributed by atoms with Gasteiger partial charge in [-0.1, -0.05) is 89.4 Å². The fourth-order valence-electron chi connectivity index (χ4n) is 4.43. The van der Waals surface area contributed by atoms with Crippen LogP contribution in [0.25, 0.3) is 10.8 Å². The molecule has 0 spiro atoms. The SMILES string of the molecule is Clc1ccc(COC(c2ccc(Cl)cc2)C(Cl)N2C=CN(CCCOc3ccc4ccccc4c3)C2)cc1. The Morgan fingerprint density at radius 3 is 2.26 bits per heavy atom. The number of hydrogen-bond acceptors (Lipinski definition) is 4. The molecule has 7 heteroatoms. The average Bonchev–Trinajstić information content (AvgIpc) is 3.42. The van der Waals surface area contributed by atoms with Crippen molar-refractivity contribution in [3.8, 4) is 5.75 Å². The molecule has 0 saturated carbocycles. The van der Waals surface area contributed by atoms with Gasteiger partial charge in [0, 0.05) is 29.0 Å². The normalized spacial score (nSPS) is 14.7. The second kappa shape index (κ2) is 12.8. The maximum atomic E-state index is 7.02. The molecule has 0 aliphatic carbocycles. The van der Waals surface area contributed by atoms with Crippen LogP contribution >= 0.6 is 34.8 Å². The van der Waals surface area contributed by atoms with Crippen LogP contribution in [0.3, 0.4) is 0 Å². The molecule has 1 heterocycles. The minimum Gasteiger partial charge on any atom is -0.494 e. The lowest BCUT2D eigenvalue weighted by Crippen LogP contribution is -2.36. The average molecular weight is 568 g/mol. The summed E-state index contributed by atoms with van der Waals surface area (Å²) in [5.74, 6) is 0.895.